The molecule has 0 aliphatic heterocycles. The van der Waals surface area contributed by atoms with Crippen molar-refractivity contribution >= 4 is 49.6 Å². The van der Waals surface area contributed by atoms with Crippen LogP contribution in [0.1, 0.15) is 25.0 Å². The Morgan fingerprint density at radius 2 is 1.11 bits per heavy atom. The molecular formula is C43H32N2. The highest BCUT2D eigenvalue weighted by atomic mass is 15.1. The molecule has 2 nitrogen and oxygen atoms in total. The Kier molecular flexibility index (Phi) is 5.58. The van der Waals surface area contributed by atoms with Gasteiger partial charge in [0.15, 0.2) is 0 Å². The molecule has 0 saturated heterocycles. The first-order valence-electron chi connectivity index (χ1n) is 15.7. The van der Waals surface area contributed by atoms with Crippen LogP contribution in [0.3, 0.4) is 0 Å². The fourth-order valence-corrected chi connectivity index (χ4v) is 7.63. The Labute approximate surface area is 263 Å². The van der Waals surface area contributed by atoms with E-state index in [9.17, 15) is 0 Å². The molecule has 0 spiro atoms. The zero-order valence-electron chi connectivity index (χ0n) is 25.4. The van der Waals surface area contributed by atoms with Gasteiger partial charge in [-0.25, -0.2) is 0 Å². The van der Waals surface area contributed by atoms with Gasteiger partial charge in [-0.1, -0.05) is 117 Å². The molecule has 1 heterocycles. The van der Waals surface area contributed by atoms with E-state index in [2.05, 4.69) is 181 Å². The van der Waals surface area contributed by atoms with Crippen LogP contribution in [0.25, 0.3) is 49.4 Å². The summed E-state index contributed by atoms with van der Waals surface area (Å²) in [5.74, 6) is 0. The van der Waals surface area contributed by atoms with Crippen LogP contribution in [-0.2, 0) is 5.41 Å². The average Bonchev–Trinajstić information content (AvgIpc) is 3.55. The first kappa shape index (κ1) is 25.9. The van der Waals surface area contributed by atoms with Crippen molar-refractivity contribution in [3.05, 3.63) is 169 Å². The van der Waals surface area contributed by atoms with Crippen LogP contribution in [-0.4, -0.2) is 4.57 Å². The number of anilines is 3. The van der Waals surface area contributed by atoms with E-state index in [0.717, 1.165) is 17.1 Å². The number of nitrogens with zero attached hydrogens (tertiary/aromatic N) is 2. The molecule has 8 aromatic rings. The number of fused-ring (bicyclic) bond motifs is 8. The van der Waals surface area contributed by atoms with Gasteiger partial charge in [0, 0.05) is 44.3 Å². The van der Waals surface area contributed by atoms with Crippen molar-refractivity contribution in [1.29, 1.82) is 0 Å². The molecule has 0 bridgehead atoms. The molecule has 1 aliphatic carbocycles. The molecule has 1 aromatic heterocycles. The summed E-state index contributed by atoms with van der Waals surface area (Å²) in [6.45, 7) is 4.68. The number of hydrogen-bond donors (Lipinski definition) is 0. The summed E-state index contributed by atoms with van der Waals surface area (Å²) < 4.78 is 2.42. The lowest BCUT2D eigenvalue weighted by atomic mass is 9.82. The topological polar surface area (TPSA) is 8.17 Å². The second kappa shape index (κ2) is 9.70. The lowest BCUT2D eigenvalue weighted by molar-refractivity contribution is 0.660. The van der Waals surface area contributed by atoms with Gasteiger partial charge in [0.05, 0.1) is 11.0 Å². The van der Waals surface area contributed by atoms with Crippen molar-refractivity contribution in [2.24, 2.45) is 0 Å². The molecule has 1 aliphatic rings. The van der Waals surface area contributed by atoms with Gasteiger partial charge in [-0.2, -0.15) is 0 Å². The third-order valence-electron chi connectivity index (χ3n) is 9.75. The number of aromatic nitrogens is 1. The predicted octanol–water partition coefficient (Wildman–Crippen LogP) is 11.7. The normalized spacial score (nSPS) is 13.3. The smallest absolute Gasteiger partial charge is 0.0619 e. The maximum atomic E-state index is 2.42. The summed E-state index contributed by atoms with van der Waals surface area (Å²) in [5.41, 5.74) is 12.5. The van der Waals surface area contributed by atoms with E-state index in [4.69, 9.17) is 0 Å². The third-order valence-corrected chi connectivity index (χ3v) is 9.75. The molecule has 0 amide bonds. The Morgan fingerprint density at radius 1 is 0.467 bits per heavy atom. The summed E-state index contributed by atoms with van der Waals surface area (Å²) in [4.78, 5) is 2.39. The van der Waals surface area contributed by atoms with Crippen LogP contribution in [0.4, 0.5) is 17.1 Å². The van der Waals surface area contributed by atoms with Gasteiger partial charge in [0.2, 0.25) is 0 Å². The molecular weight excluding hydrogens is 544 g/mol. The molecule has 0 unspecified atom stereocenters. The molecule has 214 valence electrons. The standard InChI is InChI=1S/C43H32N2/c1-43(2)39-19-11-9-17-35(39)38-28-33(23-26-40(38)43)44(30-13-5-3-6-14-30)32-22-25-34-29(27-32)21-24-37-36-18-10-12-20-41(36)45(42(34)37)31-15-7-4-8-16-31/h3-28H,1-2H3. The highest BCUT2D eigenvalue weighted by Crippen LogP contribution is 2.50. The molecule has 2 heteroatoms. The Morgan fingerprint density at radius 3 is 1.96 bits per heavy atom. The number of para-hydroxylation sites is 3. The van der Waals surface area contributed by atoms with E-state index in [1.54, 1.807) is 0 Å². The van der Waals surface area contributed by atoms with E-state index < -0.39 is 0 Å². The highest BCUT2D eigenvalue weighted by Gasteiger charge is 2.35. The van der Waals surface area contributed by atoms with Gasteiger partial charge >= 0.3 is 0 Å². The maximum absolute atomic E-state index is 2.42. The molecule has 0 radical (unpaired) electrons. The second-order valence-corrected chi connectivity index (χ2v) is 12.6. The van der Waals surface area contributed by atoms with Gasteiger partial charge in [0.25, 0.3) is 0 Å². The van der Waals surface area contributed by atoms with Gasteiger partial charge < -0.3 is 9.47 Å². The predicted molar refractivity (Wildman–Crippen MR) is 191 cm³/mol. The summed E-state index contributed by atoms with van der Waals surface area (Å²) in [6, 6.07) is 57.6. The number of hydrogen-bond acceptors (Lipinski definition) is 1. The minimum Gasteiger partial charge on any atom is -0.310 e. The summed E-state index contributed by atoms with van der Waals surface area (Å²) in [7, 11) is 0. The summed E-state index contributed by atoms with van der Waals surface area (Å²) >= 11 is 0. The van der Waals surface area contributed by atoms with E-state index >= 15 is 0 Å². The summed E-state index contributed by atoms with van der Waals surface area (Å²) in [5, 5.41) is 5.01. The third kappa shape index (κ3) is 3.82. The summed E-state index contributed by atoms with van der Waals surface area (Å²) in [6.07, 6.45) is 0. The molecule has 45 heavy (non-hydrogen) atoms. The van der Waals surface area contributed by atoms with Gasteiger partial charge in [0.1, 0.15) is 0 Å². The SMILES string of the molecule is CC1(C)c2ccccc2-c2cc(N(c3ccccc3)c3ccc4c(ccc5c6ccccc6n(-c6ccccc6)c45)c3)ccc21. The molecule has 0 saturated carbocycles. The zero-order valence-corrected chi connectivity index (χ0v) is 25.4. The highest BCUT2D eigenvalue weighted by molar-refractivity contribution is 6.19. The van der Waals surface area contributed by atoms with E-state index in [-0.39, 0.29) is 5.41 Å². The van der Waals surface area contributed by atoms with Crippen molar-refractivity contribution in [3.8, 4) is 16.8 Å². The van der Waals surface area contributed by atoms with E-state index in [1.165, 1.54) is 60.5 Å². The van der Waals surface area contributed by atoms with Crippen LogP contribution >= 0.6 is 0 Å². The first-order chi connectivity index (χ1) is 22.1. The van der Waals surface area contributed by atoms with Crippen molar-refractivity contribution in [2.75, 3.05) is 4.90 Å². The monoisotopic (exact) mass is 576 g/mol. The lowest BCUT2D eigenvalue weighted by Crippen LogP contribution is -2.15. The molecule has 0 atom stereocenters. The zero-order chi connectivity index (χ0) is 30.1. The van der Waals surface area contributed by atoms with Crippen LogP contribution in [0, 0.1) is 0 Å². The van der Waals surface area contributed by atoms with Crippen molar-refractivity contribution in [3.63, 3.8) is 0 Å². The minimum atomic E-state index is -0.0203. The van der Waals surface area contributed by atoms with Crippen molar-refractivity contribution in [2.45, 2.75) is 19.3 Å². The molecule has 0 N–H and O–H groups in total. The number of rotatable bonds is 4. The number of benzene rings is 7. The Hall–Kier alpha value is -5.60. The van der Waals surface area contributed by atoms with Crippen molar-refractivity contribution in [1.82, 2.24) is 4.57 Å². The van der Waals surface area contributed by atoms with Crippen LogP contribution in [0.15, 0.2) is 158 Å². The molecule has 9 rings (SSSR count). The second-order valence-electron chi connectivity index (χ2n) is 12.6. The Bertz CT molecular complexity index is 2400. The van der Waals surface area contributed by atoms with Gasteiger partial charge in [-0.05, 0) is 82.2 Å². The lowest BCUT2D eigenvalue weighted by Gasteiger charge is -2.27. The quantitative estimate of drug-likeness (QED) is 0.202. The van der Waals surface area contributed by atoms with Crippen molar-refractivity contribution < 1.29 is 0 Å². The Balaban J connectivity index is 1.27. The fourth-order valence-electron chi connectivity index (χ4n) is 7.63. The van der Waals surface area contributed by atoms with Gasteiger partial charge in [-0.15, -0.1) is 0 Å². The van der Waals surface area contributed by atoms with Gasteiger partial charge in [-0.3, -0.25) is 0 Å². The largest absolute Gasteiger partial charge is 0.310 e. The van der Waals surface area contributed by atoms with Crippen LogP contribution in [0.2, 0.25) is 0 Å². The van der Waals surface area contributed by atoms with E-state index in [1.807, 2.05) is 0 Å². The average molecular weight is 577 g/mol. The maximum Gasteiger partial charge on any atom is 0.0619 e. The van der Waals surface area contributed by atoms with Crippen LogP contribution in [0.5, 0.6) is 0 Å². The minimum absolute atomic E-state index is 0.0203. The first-order valence-corrected chi connectivity index (χ1v) is 15.7. The molecule has 7 aromatic carbocycles. The van der Waals surface area contributed by atoms with Crippen LogP contribution < -0.4 is 4.90 Å². The fraction of sp³-hybridized carbons (Fsp3) is 0.0698. The van der Waals surface area contributed by atoms with E-state index in [0.29, 0.717) is 0 Å². The molecule has 0 fully saturated rings.